The highest BCUT2D eigenvalue weighted by Crippen LogP contribution is 2.35. The SMILES string of the molecule is NCCNc1c2c(nc3cc(C4CCCC4)nn13)CCCC2. The maximum absolute atomic E-state index is 5.69. The van der Waals surface area contributed by atoms with Crippen LogP contribution in [0.1, 0.15) is 61.4 Å². The fraction of sp³-hybridized carbons (Fsp3) is 0.647. The van der Waals surface area contributed by atoms with Crippen molar-refractivity contribution >= 4 is 11.5 Å². The van der Waals surface area contributed by atoms with E-state index in [2.05, 4.69) is 11.4 Å². The van der Waals surface area contributed by atoms with Gasteiger partial charge in [-0.05, 0) is 38.5 Å². The fourth-order valence-corrected chi connectivity index (χ4v) is 3.96. The standard InChI is InChI=1S/C17H25N5/c18-9-10-19-17-13-7-3-4-8-14(13)20-16-11-15(21-22(16)17)12-5-1-2-6-12/h11-12,19H,1-10,18H2. The van der Waals surface area contributed by atoms with E-state index in [1.165, 1.54) is 55.5 Å². The first kappa shape index (κ1) is 14.0. The second kappa shape index (κ2) is 5.88. The lowest BCUT2D eigenvalue weighted by atomic mass is 9.96. The van der Waals surface area contributed by atoms with Gasteiger partial charge in [-0.25, -0.2) is 4.98 Å². The van der Waals surface area contributed by atoms with E-state index in [0.29, 0.717) is 12.5 Å². The van der Waals surface area contributed by atoms with Gasteiger partial charge in [-0.15, -0.1) is 0 Å². The predicted octanol–water partition coefficient (Wildman–Crippen LogP) is 2.64. The number of nitrogens with one attached hydrogen (secondary N) is 1. The number of nitrogens with zero attached hydrogens (tertiary/aromatic N) is 3. The Morgan fingerprint density at radius 2 is 2.00 bits per heavy atom. The number of fused-ring (bicyclic) bond motifs is 2. The molecule has 0 saturated heterocycles. The van der Waals surface area contributed by atoms with Crippen LogP contribution in [0.5, 0.6) is 0 Å². The summed E-state index contributed by atoms with van der Waals surface area (Å²) in [6.45, 7) is 1.42. The van der Waals surface area contributed by atoms with Crippen LogP contribution in [0.2, 0.25) is 0 Å². The van der Waals surface area contributed by atoms with E-state index in [9.17, 15) is 0 Å². The van der Waals surface area contributed by atoms with E-state index in [-0.39, 0.29) is 0 Å². The molecule has 0 amide bonds. The molecule has 1 fully saturated rings. The van der Waals surface area contributed by atoms with Gasteiger partial charge in [0.25, 0.3) is 0 Å². The molecular weight excluding hydrogens is 274 g/mol. The molecule has 0 aromatic carbocycles. The summed E-state index contributed by atoms with van der Waals surface area (Å²) in [4.78, 5) is 4.91. The molecule has 0 atom stereocenters. The minimum absolute atomic E-state index is 0.626. The van der Waals surface area contributed by atoms with E-state index in [0.717, 1.165) is 30.9 Å². The number of rotatable bonds is 4. The zero-order valence-corrected chi connectivity index (χ0v) is 13.1. The number of nitrogens with two attached hydrogens (primary N) is 1. The molecule has 22 heavy (non-hydrogen) atoms. The fourth-order valence-electron chi connectivity index (χ4n) is 3.96. The monoisotopic (exact) mass is 299 g/mol. The van der Waals surface area contributed by atoms with Gasteiger partial charge in [0.2, 0.25) is 0 Å². The van der Waals surface area contributed by atoms with Crippen molar-refractivity contribution in [2.45, 2.75) is 57.3 Å². The van der Waals surface area contributed by atoms with Crippen molar-refractivity contribution in [2.24, 2.45) is 5.73 Å². The summed E-state index contributed by atoms with van der Waals surface area (Å²) >= 11 is 0. The Hall–Kier alpha value is -1.62. The minimum atomic E-state index is 0.626. The van der Waals surface area contributed by atoms with Crippen LogP contribution in [0.15, 0.2) is 6.07 Å². The zero-order valence-electron chi connectivity index (χ0n) is 13.1. The molecule has 5 nitrogen and oxygen atoms in total. The molecule has 0 aliphatic heterocycles. The molecule has 2 aliphatic rings. The molecule has 118 valence electrons. The first-order valence-electron chi connectivity index (χ1n) is 8.72. The number of hydrogen-bond donors (Lipinski definition) is 2. The molecule has 3 N–H and O–H groups in total. The zero-order chi connectivity index (χ0) is 14.9. The van der Waals surface area contributed by atoms with Gasteiger partial charge in [0.05, 0.1) is 5.69 Å². The van der Waals surface area contributed by atoms with Crippen molar-refractivity contribution in [3.05, 3.63) is 23.0 Å². The van der Waals surface area contributed by atoms with Crippen LogP contribution < -0.4 is 11.1 Å². The molecule has 2 aromatic rings. The van der Waals surface area contributed by atoms with Gasteiger partial charge in [0.1, 0.15) is 5.82 Å². The van der Waals surface area contributed by atoms with Gasteiger partial charge in [0, 0.05) is 36.3 Å². The summed E-state index contributed by atoms with van der Waals surface area (Å²) in [5.74, 6) is 1.76. The quantitative estimate of drug-likeness (QED) is 0.910. The largest absolute Gasteiger partial charge is 0.368 e. The first-order chi connectivity index (χ1) is 10.9. The normalized spacial score (nSPS) is 18.8. The molecule has 0 spiro atoms. The van der Waals surface area contributed by atoms with Crippen LogP contribution in [0.4, 0.5) is 5.82 Å². The van der Waals surface area contributed by atoms with E-state index in [1.54, 1.807) is 0 Å². The van der Waals surface area contributed by atoms with Crippen molar-refractivity contribution in [3.63, 3.8) is 0 Å². The third-order valence-corrected chi connectivity index (χ3v) is 5.11. The Balaban J connectivity index is 1.82. The third-order valence-electron chi connectivity index (χ3n) is 5.11. The second-order valence-corrected chi connectivity index (χ2v) is 6.63. The average Bonchev–Trinajstić information content (AvgIpc) is 3.20. The molecular formula is C17H25N5. The Kier molecular flexibility index (Phi) is 3.74. The lowest BCUT2D eigenvalue weighted by molar-refractivity contribution is 0.656. The van der Waals surface area contributed by atoms with Crippen LogP contribution in [0.3, 0.4) is 0 Å². The Labute approximate surface area is 131 Å². The van der Waals surface area contributed by atoms with Crippen molar-refractivity contribution in [1.29, 1.82) is 0 Å². The summed E-state index contributed by atoms with van der Waals surface area (Å²) in [5.41, 5.74) is 10.5. The Morgan fingerprint density at radius 1 is 1.18 bits per heavy atom. The third kappa shape index (κ3) is 2.37. The maximum Gasteiger partial charge on any atom is 0.157 e. The summed E-state index contributed by atoms with van der Waals surface area (Å²) in [7, 11) is 0. The molecule has 5 heteroatoms. The smallest absolute Gasteiger partial charge is 0.157 e. The molecule has 2 aromatic heterocycles. The van der Waals surface area contributed by atoms with Crippen LogP contribution in [0, 0.1) is 0 Å². The van der Waals surface area contributed by atoms with Gasteiger partial charge in [-0.3, -0.25) is 0 Å². The molecule has 0 unspecified atom stereocenters. The van der Waals surface area contributed by atoms with Gasteiger partial charge in [-0.1, -0.05) is 12.8 Å². The molecule has 2 aliphatic carbocycles. The molecule has 0 bridgehead atoms. The number of aryl methyl sites for hydroxylation is 1. The first-order valence-corrected chi connectivity index (χ1v) is 8.72. The molecule has 2 heterocycles. The topological polar surface area (TPSA) is 68.2 Å². The molecule has 4 rings (SSSR count). The summed E-state index contributed by atoms with van der Waals surface area (Å²) in [6.07, 6.45) is 9.90. The van der Waals surface area contributed by atoms with Gasteiger partial charge < -0.3 is 11.1 Å². The summed E-state index contributed by atoms with van der Waals surface area (Å²) in [5, 5.41) is 8.41. The molecule has 0 radical (unpaired) electrons. The number of aromatic nitrogens is 3. The lowest BCUT2D eigenvalue weighted by Gasteiger charge is -2.20. The maximum atomic E-state index is 5.69. The Morgan fingerprint density at radius 3 is 2.82 bits per heavy atom. The van der Waals surface area contributed by atoms with Crippen molar-refractivity contribution in [1.82, 2.24) is 14.6 Å². The number of hydrogen-bond acceptors (Lipinski definition) is 4. The highest BCUT2D eigenvalue weighted by Gasteiger charge is 2.23. The van der Waals surface area contributed by atoms with Crippen molar-refractivity contribution in [2.75, 3.05) is 18.4 Å². The van der Waals surface area contributed by atoms with Crippen LogP contribution >= 0.6 is 0 Å². The van der Waals surface area contributed by atoms with Crippen LogP contribution in [0.25, 0.3) is 5.65 Å². The molecule has 1 saturated carbocycles. The average molecular weight is 299 g/mol. The number of anilines is 1. The van der Waals surface area contributed by atoms with E-state index < -0.39 is 0 Å². The highest BCUT2D eigenvalue weighted by atomic mass is 15.3. The lowest BCUT2D eigenvalue weighted by Crippen LogP contribution is -2.19. The van der Waals surface area contributed by atoms with Crippen molar-refractivity contribution < 1.29 is 0 Å². The Bertz CT molecular complexity index is 669. The van der Waals surface area contributed by atoms with Crippen LogP contribution in [-0.2, 0) is 12.8 Å². The van der Waals surface area contributed by atoms with Gasteiger partial charge in [0.15, 0.2) is 5.65 Å². The van der Waals surface area contributed by atoms with Crippen LogP contribution in [-0.4, -0.2) is 27.7 Å². The highest BCUT2D eigenvalue weighted by molar-refractivity contribution is 5.57. The van der Waals surface area contributed by atoms with Gasteiger partial charge in [-0.2, -0.15) is 9.61 Å². The van der Waals surface area contributed by atoms with Crippen molar-refractivity contribution in [3.8, 4) is 0 Å². The van der Waals surface area contributed by atoms with E-state index >= 15 is 0 Å². The van der Waals surface area contributed by atoms with E-state index in [4.69, 9.17) is 15.8 Å². The predicted molar refractivity (Wildman–Crippen MR) is 88.4 cm³/mol. The summed E-state index contributed by atoms with van der Waals surface area (Å²) < 4.78 is 2.04. The summed E-state index contributed by atoms with van der Waals surface area (Å²) in [6, 6.07) is 2.21. The second-order valence-electron chi connectivity index (χ2n) is 6.63. The minimum Gasteiger partial charge on any atom is -0.368 e. The van der Waals surface area contributed by atoms with E-state index in [1.807, 2.05) is 4.52 Å². The van der Waals surface area contributed by atoms with Gasteiger partial charge >= 0.3 is 0 Å².